The lowest BCUT2D eigenvalue weighted by Gasteiger charge is -2.44. The van der Waals surface area contributed by atoms with Crippen LogP contribution in [0.4, 0.5) is 0 Å². The van der Waals surface area contributed by atoms with Crippen LogP contribution in [0.25, 0.3) is 0 Å². The molecule has 30 nitrogen and oxygen atoms in total. The van der Waals surface area contributed by atoms with Crippen molar-refractivity contribution in [2.75, 3.05) is 39.6 Å². The van der Waals surface area contributed by atoms with Crippen LogP contribution in [0.5, 0.6) is 0 Å². The molecule has 66 heavy (non-hydrogen) atoms. The van der Waals surface area contributed by atoms with E-state index in [-0.39, 0.29) is 6.42 Å². The minimum Gasteiger partial charge on any atom is -0.394 e. The molecule has 29 atom stereocenters. The third-order valence-electron chi connectivity index (χ3n) is 12.2. The van der Waals surface area contributed by atoms with Crippen LogP contribution in [-0.4, -0.2) is 315 Å². The normalized spacial score (nSPS) is 52.9. The fourth-order valence-electron chi connectivity index (χ4n) is 7.96. The lowest BCUT2D eigenvalue weighted by Crippen LogP contribution is -2.63. The Bertz CT molecular complexity index is 1470. The number of hydrogen-bond donors (Lipinski definition) is 19. The van der Waals surface area contributed by atoms with Crippen LogP contribution in [0.2, 0.25) is 0 Å². The highest BCUT2D eigenvalue weighted by Crippen LogP contribution is 2.31. The Labute approximate surface area is 373 Å². The van der Waals surface area contributed by atoms with Crippen LogP contribution in [0, 0.1) is 0 Å². The first-order valence-electron chi connectivity index (χ1n) is 21.0. The molecule has 6 saturated heterocycles. The molecule has 0 aromatic heterocycles. The van der Waals surface area contributed by atoms with Gasteiger partial charge in [0.25, 0.3) is 0 Å². The van der Waals surface area contributed by atoms with Crippen LogP contribution in [0.3, 0.4) is 0 Å². The van der Waals surface area contributed by atoms with E-state index in [1.54, 1.807) is 0 Å². The molecule has 6 aliphatic heterocycles. The third-order valence-corrected chi connectivity index (χ3v) is 12.2. The lowest BCUT2D eigenvalue weighted by molar-refractivity contribution is -0.350. The largest absolute Gasteiger partial charge is 0.394 e. The molecule has 5 unspecified atom stereocenters. The molecule has 6 rings (SSSR count). The van der Waals surface area contributed by atoms with Gasteiger partial charge in [0.15, 0.2) is 37.7 Å². The molecule has 0 bridgehead atoms. The highest BCUT2D eigenvalue weighted by molar-refractivity contribution is 4.95. The minimum atomic E-state index is -1.98. The van der Waals surface area contributed by atoms with Gasteiger partial charge in [0.1, 0.15) is 134 Å². The van der Waals surface area contributed by atoms with E-state index in [0.29, 0.717) is 0 Å². The number of ether oxygens (including phenoxy) is 11. The lowest BCUT2D eigenvalue weighted by atomic mass is 9.98. The first-order chi connectivity index (χ1) is 31.1. The highest BCUT2D eigenvalue weighted by atomic mass is 16.8. The van der Waals surface area contributed by atoms with Gasteiger partial charge in [-0.1, -0.05) is 0 Å². The summed E-state index contributed by atoms with van der Waals surface area (Å²) in [5.41, 5.74) is 0. The Hall–Kier alpha value is -1.20. The van der Waals surface area contributed by atoms with Crippen molar-refractivity contribution < 1.29 is 149 Å². The zero-order valence-corrected chi connectivity index (χ0v) is 34.7. The minimum absolute atomic E-state index is 0.345. The van der Waals surface area contributed by atoms with Gasteiger partial charge in [0.2, 0.25) is 0 Å². The zero-order chi connectivity index (χ0) is 48.5. The second-order valence-electron chi connectivity index (χ2n) is 16.9. The van der Waals surface area contributed by atoms with Crippen LogP contribution < -0.4 is 0 Å². The van der Waals surface area contributed by atoms with Crippen molar-refractivity contribution in [2.45, 2.75) is 185 Å². The summed E-state index contributed by atoms with van der Waals surface area (Å²) in [7, 11) is 0. The second kappa shape index (κ2) is 23.4. The molecule has 0 aliphatic carbocycles. The van der Waals surface area contributed by atoms with Crippen molar-refractivity contribution in [3.8, 4) is 0 Å². The van der Waals surface area contributed by atoms with E-state index in [1.807, 2.05) is 0 Å². The Morgan fingerprint density at radius 2 is 0.545 bits per heavy atom. The van der Waals surface area contributed by atoms with Gasteiger partial charge < -0.3 is 149 Å². The maximum atomic E-state index is 10.7. The maximum absolute atomic E-state index is 10.7. The molecule has 0 aromatic carbocycles. The number of hydrogen-bond acceptors (Lipinski definition) is 30. The van der Waals surface area contributed by atoms with Gasteiger partial charge in [0.05, 0.1) is 45.7 Å². The summed E-state index contributed by atoms with van der Waals surface area (Å²) in [6.45, 7) is -4.14. The smallest absolute Gasteiger partial charge is 0.186 e. The van der Waals surface area contributed by atoms with Gasteiger partial charge in [-0.15, -0.1) is 0 Å². The predicted molar refractivity (Wildman–Crippen MR) is 198 cm³/mol. The molecule has 6 heterocycles. The molecular weight excluding hydrogens is 912 g/mol. The summed E-state index contributed by atoms with van der Waals surface area (Å²) >= 11 is 0. The first kappa shape index (κ1) is 54.1. The topological polar surface area (TPSA) is 486 Å². The Morgan fingerprint density at radius 3 is 0.909 bits per heavy atom. The molecule has 0 spiro atoms. The summed E-state index contributed by atoms with van der Waals surface area (Å²) in [6, 6.07) is 0. The number of aliphatic hydroxyl groups is 19. The Morgan fingerprint density at radius 1 is 0.273 bits per heavy atom. The summed E-state index contributed by atoms with van der Waals surface area (Å²) in [4.78, 5) is 0. The summed E-state index contributed by atoms with van der Waals surface area (Å²) in [5.74, 6) is 0. The van der Waals surface area contributed by atoms with E-state index in [0.717, 1.165) is 0 Å². The molecule has 6 aliphatic rings. The Kier molecular flexibility index (Phi) is 19.2. The van der Waals surface area contributed by atoms with Gasteiger partial charge in [0, 0.05) is 6.42 Å². The van der Waals surface area contributed by atoms with Crippen molar-refractivity contribution in [3.05, 3.63) is 0 Å². The highest BCUT2D eigenvalue weighted by Gasteiger charge is 2.51. The molecule has 0 amide bonds. The van der Waals surface area contributed by atoms with E-state index in [1.165, 1.54) is 0 Å². The third kappa shape index (κ3) is 11.9. The SMILES string of the molecule is OC[C@H]1O[C@@H](OCC2O[C@@H](OCC3O[C@@H](OCC4O[C@@H](OCC5O[C@@H](OCC6O[C@H](O)[C@H](O)[C@@H](O)[C@@H]6O)[C@H](O)C[C@@H]5O)[C@H](O)[C@@H](O)[C@@H]4O)[C@H](O)[C@@H](O)[C@@H]3O)[C@H](O)[C@@H](O)[C@@H]2O)[C@H](O)[C@@H](O)[C@@H]1O. The summed E-state index contributed by atoms with van der Waals surface area (Å²) in [5, 5.41) is 196. The van der Waals surface area contributed by atoms with Gasteiger partial charge in [-0.2, -0.15) is 0 Å². The van der Waals surface area contributed by atoms with Crippen molar-refractivity contribution in [1.29, 1.82) is 0 Å². The molecule has 6 fully saturated rings. The van der Waals surface area contributed by atoms with Crippen molar-refractivity contribution >= 4 is 0 Å². The van der Waals surface area contributed by atoms with Gasteiger partial charge in [-0.3, -0.25) is 0 Å². The van der Waals surface area contributed by atoms with Crippen LogP contribution in [0.15, 0.2) is 0 Å². The van der Waals surface area contributed by atoms with E-state index < -0.39 is 218 Å². The zero-order valence-electron chi connectivity index (χ0n) is 34.7. The summed E-state index contributed by atoms with van der Waals surface area (Å²) < 4.78 is 60.1. The summed E-state index contributed by atoms with van der Waals surface area (Å²) in [6.07, 6.45) is -50.2. The van der Waals surface area contributed by atoms with Gasteiger partial charge in [-0.05, 0) is 0 Å². The molecule has 386 valence electrons. The van der Waals surface area contributed by atoms with E-state index in [9.17, 15) is 97.0 Å². The molecular formula is C36H62O30. The quantitative estimate of drug-likeness (QED) is 0.0683. The van der Waals surface area contributed by atoms with Crippen molar-refractivity contribution in [3.63, 3.8) is 0 Å². The van der Waals surface area contributed by atoms with Crippen LogP contribution in [-0.2, 0) is 52.1 Å². The van der Waals surface area contributed by atoms with Gasteiger partial charge in [-0.25, -0.2) is 0 Å². The van der Waals surface area contributed by atoms with Crippen molar-refractivity contribution in [2.24, 2.45) is 0 Å². The second-order valence-corrected chi connectivity index (χ2v) is 16.9. The van der Waals surface area contributed by atoms with Crippen LogP contribution in [0.1, 0.15) is 6.42 Å². The van der Waals surface area contributed by atoms with E-state index in [4.69, 9.17) is 52.1 Å². The molecule has 19 N–H and O–H groups in total. The standard InChI is InChI=1S/C36H62O30/c37-2-10-16(40)22(46)27(51)33(62-10)58-5-13-18(42)24(48)29(53)35(65-13)60-7-15-20(44)25(49)30(54)36(66-15)59-6-14-19(43)23(47)28(52)34(64-14)57-3-11-8(38)1-9(39)32(63-11)56-4-12-17(41)21(45)26(50)31(55)61-12/h8-55H,1-7H2/t8-,9+,10+,11?,12?,13?,14?,15?,16+,17+,18+,19+,20+,21-,22-,23-,24-,25-,26+,27+,28+,29+,30+,31-,32+,33+,34+,35+,36+/m0/s1. The fourth-order valence-corrected chi connectivity index (χ4v) is 7.96. The average molecular weight is 975 g/mol. The average Bonchev–Trinajstić information content (AvgIpc) is 3.29. The maximum Gasteiger partial charge on any atom is 0.186 e. The fraction of sp³-hybridized carbons (Fsp3) is 1.00. The van der Waals surface area contributed by atoms with E-state index in [2.05, 4.69) is 0 Å². The molecule has 0 radical (unpaired) electrons. The Balaban J connectivity index is 0.997. The van der Waals surface area contributed by atoms with Crippen molar-refractivity contribution in [1.82, 2.24) is 0 Å². The first-order valence-corrected chi connectivity index (χ1v) is 21.0. The van der Waals surface area contributed by atoms with Crippen LogP contribution >= 0.6 is 0 Å². The number of rotatable bonds is 16. The molecule has 0 aromatic rings. The van der Waals surface area contributed by atoms with Gasteiger partial charge >= 0.3 is 0 Å². The number of aliphatic hydroxyl groups excluding tert-OH is 19. The van der Waals surface area contributed by atoms with E-state index >= 15 is 0 Å². The monoisotopic (exact) mass is 974 g/mol. The predicted octanol–water partition coefficient (Wildman–Crippen LogP) is -13.1. The molecule has 0 saturated carbocycles. The molecule has 30 heteroatoms.